The highest BCUT2D eigenvalue weighted by Gasteiger charge is 2.09. The average molecular weight is 196 g/mol. The first kappa shape index (κ1) is 10.7. The molecule has 1 heterocycles. The van der Waals surface area contributed by atoms with Crippen molar-refractivity contribution in [3.63, 3.8) is 0 Å². The van der Waals surface area contributed by atoms with Crippen molar-refractivity contribution in [1.29, 1.82) is 0 Å². The van der Waals surface area contributed by atoms with Gasteiger partial charge in [0.1, 0.15) is 5.82 Å². The van der Waals surface area contributed by atoms with Gasteiger partial charge in [-0.3, -0.25) is 4.79 Å². The van der Waals surface area contributed by atoms with Crippen LogP contribution >= 0.6 is 0 Å². The van der Waals surface area contributed by atoms with Gasteiger partial charge in [0.05, 0.1) is 13.1 Å². The summed E-state index contributed by atoms with van der Waals surface area (Å²) in [7, 11) is 5.44. The Morgan fingerprint density at radius 2 is 2.43 bits per heavy atom. The largest absolute Gasteiger partial charge is 0.337 e. The minimum Gasteiger partial charge on any atom is -0.337 e. The van der Waals surface area contributed by atoms with E-state index >= 15 is 0 Å². The van der Waals surface area contributed by atoms with Crippen LogP contribution in [0.15, 0.2) is 12.4 Å². The molecule has 0 saturated heterocycles. The summed E-state index contributed by atoms with van der Waals surface area (Å²) in [5, 5.41) is 2.82. The van der Waals surface area contributed by atoms with Crippen molar-refractivity contribution < 1.29 is 4.79 Å². The number of aromatic nitrogens is 2. The van der Waals surface area contributed by atoms with E-state index in [2.05, 4.69) is 10.3 Å². The van der Waals surface area contributed by atoms with Crippen molar-refractivity contribution in [1.82, 2.24) is 19.8 Å². The normalized spacial score (nSPS) is 10.2. The molecule has 0 unspecified atom stereocenters. The van der Waals surface area contributed by atoms with Gasteiger partial charge in [-0.25, -0.2) is 4.98 Å². The van der Waals surface area contributed by atoms with Crippen LogP contribution in [0.3, 0.4) is 0 Å². The molecular weight excluding hydrogens is 180 g/mol. The van der Waals surface area contributed by atoms with E-state index in [1.807, 2.05) is 17.8 Å². The molecule has 0 fully saturated rings. The number of nitrogens with zero attached hydrogens (tertiary/aromatic N) is 3. The van der Waals surface area contributed by atoms with Gasteiger partial charge in [0, 0.05) is 26.5 Å². The lowest BCUT2D eigenvalue weighted by Crippen LogP contribution is -2.34. The van der Waals surface area contributed by atoms with Crippen molar-refractivity contribution in [2.45, 2.75) is 6.54 Å². The Bertz CT molecular complexity index is 308. The SMILES string of the molecule is CNCC(=O)N(C)Cc1nccn1C. The van der Waals surface area contributed by atoms with Crippen molar-refractivity contribution in [2.24, 2.45) is 7.05 Å². The van der Waals surface area contributed by atoms with E-state index in [1.165, 1.54) is 0 Å². The third-order valence-electron chi connectivity index (χ3n) is 2.05. The molecule has 0 saturated carbocycles. The molecule has 0 bridgehead atoms. The van der Waals surface area contributed by atoms with Crippen LogP contribution in [0.2, 0.25) is 0 Å². The summed E-state index contributed by atoms with van der Waals surface area (Å²) in [6.45, 7) is 0.908. The van der Waals surface area contributed by atoms with Crippen LogP contribution in [0.1, 0.15) is 5.82 Å². The lowest BCUT2D eigenvalue weighted by Gasteiger charge is -2.16. The monoisotopic (exact) mass is 196 g/mol. The molecule has 1 N–H and O–H groups in total. The maximum absolute atomic E-state index is 11.4. The molecule has 0 spiro atoms. The summed E-state index contributed by atoms with van der Waals surface area (Å²) in [6.07, 6.45) is 3.59. The molecule has 5 nitrogen and oxygen atoms in total. The van der Waals surface area contributed by atoms with Gasteiger partial charge in [0.15, 0.2) is 0 Å². The highest BCUT2D eigenvalue weighted by molar-refractivity contribution is 5.77. The number of nitrogens with one attached hydrogen (secondary N) is 1. The third kappa shape index (κ3) is 2.56. The lowest BCUT2D eigenvalue weighted by atomic mass is 10.4. The van der Waals surface area contributed by atoms with E-state index in [9.17, 15) is 4.79 Å². The van der Waals surface area contributed by atoms with E-state index in [-0.39, 0.29) is 5.91 Å². The Balaban J connectivity index is 2.52. The maximum Gasteiger partial charge on any atom is 0.236 e. The number of amides is 1. The summed E-state index contributed by atoms with van der Waals surface area (Å²) in [5.41, 5.74) is 0. The van der Waals surface area contributed by atoms with Crippen LogP contribution < -0.4 is 5.32 Å². The standard InChI is InChI=1S/C9H16N4O/c1-10-6-9(14)13(3)7-8-11-4-5-12(8)2/h4-5,10H,6-7H2,1-3H3. The van der Waals surface area contributed by atoms with E-state index in [0.717, 1.165) is 5.82 Å². The van der Waals surface area contributed by atoms with Gasteiger partial charge < -0.3 is 14.8 Å². The molecule has 0 aromatic carbocycles. The summed E-state index contributed by atoms with van der Waals surface area (Å²) < 4.78 is 1.91. The van der Waals surface area contributed by atoms with E-state index in [4.69, 9.17) is 0 Å². The number of aryl methyl sites for hydroxylation is 1. The molecule has 0 atom stereocenters. The second-order valence-electron chi connectivity index (χ2n) is 3.23. The van der Waals surface area contributed by atoms with Gasteiger partial charge in [-0.15, -0.1) is 0 Å². The number of carbonyl (C=O) groups excluding carboxylic acids is 1. The average Bonchev–Trinajstić information content (AvgIpc) is 2.52. The fraction of sp³-hybridized carbons (Fsp3) is 0.556. The second kappa shape index (κ2) is 4.76. The van der Waals surface area contributed by atoms with Gasteiger partial charge in [0.2, 0.25) is 5.91 Å². The molecule has 0 aliphatic rings. The Labute approximate surface area is 83.7 Å². The van der Waals surface area contributed by atoms with Crippen LogP contribution in [0.4, 0.5) is 0 Å². The van der Waals surface area contributed by atoms with E-state index < -0.39 is 0 Å². The first-order chi connectivity index (χ1) is 6.65. The number of hydrogen-bond acceptors (Lipinski definition) is 3. The minimum atomic E-state index is 0.0653. The fourth-order valence-corrected chi connectivity index (χ4v) is 1.14. The van der Waals surface area contributed by atoms with Gasteiger partial charge in [0.25, 0.3) is 0 Å². The first-order valence-electron chi connectivity index (χ1n) is 4.50. The topological polar surface area (TPSA) is 50.2 Å². The van der Waals surface area contributed by atoms with E-state index in [1.54, 1.807) is 25.2 Å². The predicted molar refractivity (Wildman–Crippen MR) is 53.6 cm³/mol. The molecule has 0 radical (unpaired) electrons. The summed E-state index contributed by atoms with van der Waals surface area (Å²) in [4.78, 5) is 17.2. The minimum absolute atomic E-state index is 0.0653. The molecule has 1 rings (SSSR count). The first-order valence-corrected chi connectivity index (χ1v) is 4.50. The van der Waals surface area contributed by atoms with Gasteiger partial charge in [-0.05, 0) is 7.05 Å². The molecular formula is C9H16N4O. The van der Waals surface area contributed by atoms with Gasteiger partial charge in [-0.2, -0.15) is 0 Å². The molecule has 14 heavy (non-hydrogen) atoms. The zero-order valence-corrected chi connectivity index (χ0v) is 8.82. The second-order valence-corrected chi connectivity index (χ2v) is 3.23. The number of carbonyl (C=O) groups is 1. The van der Waals surface area contributed by atoms with Crippen molar-refractivity contribution in [2.75, 3.05) is 20.6 Å². The summed E-state index contributed by atoms with van der Waals surface area (Å²) in [6, 6.07) is 0. The Kier molecular flexibility index (Phi) is 3.64. The van der Waals surface area contributed by atoms with Gasteiger partial charge in [-0.1, -0.05) is 0 Å². The van der Waals surface area contributed by atoms with Crippen LogP contribution in [0, 0.1) is 0 Å². The van der Waals surface area contributed by atoms with Gasteiger partial charge >= 0.3 is 0 Å². The van der Waals surface area contributed by atoms with Crippen molar-refractivity contribution in [3.05, 3.63) is 18.2 Å². The fourth-order valence-electron chi connectivity index (χ4n) is 1.14. The number of hydrogen-bond donors (Lipinski definition) is 1. The highest BCUT2D eigenvalue weighted by Crippen LogP contribution is 1.98. The quantitative estimate of drug-likeness (QED) is 0.712. The van der Waals surface area contributed by atoms with E-state index in [0.29, 0.717) is 13.1 Å². The molecule has 1 aromatic rings. The number of likely N-dealkylation sites (N-methyl/N-ethyl adjacent to an activating group) is 2. The molecule has 78 valence electrons. The Morgan fingerprint density at radius 3 is 2.93 bits per heavy atom. The molecule has 5 heteroatoms. The Hall–Kier alpha value is -1.36. The summed E-state index contributed by atoms with van der Waals surface area (Å²) in [5.74, 6) is 0.951. The third-order valence-corrected chi connectivity index (χ3v) is 2.05. The van der Waals surface area contributed by atoms with Crippen LogP contribution in [0.25, 0.3) is 0 Å². The smallest absolute Gasteiger partial charge is 0.236 e. The zero-order valence-electron chi connectivity index (χ0n) is 8.82. The number of imidazole rings is 1. The highest BCUT2D eigenvalue weighted by atomic mass is 16.2. The lowest BCUT2D eigenvalue weighted by molar-refractivity contribution is -0.129. The Morgan fingerprint density at radius 1 is 1.71 bits per heavy atom. The summed E-state index contributed by atoms with van der Waals surface area (Å²) >= 11 is 0. The predicted octanol–water partition coefficient (Wildman–Crippen LogP) is -0.402. The zero-order chi connectivity index (χ0) is 10.6. The molecule has 1 amide bonds. The molecule has 0 aliphatic heterocycles. The van der Waals surface area contributed by atoms with Crippen molar-refractivity contribution in [3.8, 4) is 0 Å². The molecule has 1 aromatic heterocycles. The van der Waals surface area contributed by atoms with Crippen LogP contribution in [-0.2, 0) is 18.4 Å². The van der Waals surface area contributed by atoms with Crippen LogP contribution in [0.5, 0.6) is 0 Å². The maximum atomic E-state index is 11.4. The molecule has 0 aliphatic carbocycles. The number of rotatable bonds is 4. The van der Waals surface area contributed by atoms with Crippen molar-refractivity contribution >= 4 is 5.91 Å². The van der Waals surface area contributed by atoms with Crippen LogP contribution in [-0.4, -0.2) is 41.0 Å².